The van der Waals surface area contributed by atoms with E-state index in [-0.39, 0.29) is 12.5 Å². The van der Waals surface area contributed by atoms with E-state index in [1.54, 1.807) is 18.3 Å². The summed E-state index contributed by atoms with van der Waals surface area (Å²) in [5.41, 5.74) is 4.66. The minimum Gasteiger partial charge on any atom is -0.497 e. The van der Waals surface area contributed by atoms with Gasteiger partial charge in [0.2, 0.25) is 5.95 Å². The van der Waals surface area contributed by atoms with Crippen LogP contribution < -0.4 is 14.4 Å². The van der Waals surface area contributed by atoms with Crippen LogP contribution in [0.5, 0.6) is 11.5 Å². The molecule has 7 nitrogen and oxygen atoms in total. The van der Waals surface area contributed by atoms with E-state index in [4.69, 9.17) is 13.9 Å². The highest BCUT2D eigenvalue weighted by atomic mass is 16.5. The molecule has 0 atom stereocenters. The lowest BCUT2D eigenvalue weighted by Crippen LogP contribution is -2.33. The predicted octanol–water partition coefficient (Wildman–Crippen LogP) is 4.88. The second-order valence-electron chi connectivity index (χ2n) is 7.92. The molecule has 1 amide bonds. The maximum Gasteiger partial charge on any atom is 0.267 e. The normalized spacial score (nSPS) is 12.9. The zero-order valence-corrected chi connectivity index (χ0v) is 18.0. The van der Waals surface area contributed by atoms with Gasteiger partial charge in [0, 0.05) is 24.0 Å². The van der Waals surface area contributed by atoms with Gasteiger partial charge < -0.3 is 18.5 Å². The molecule has 2 aromatic heterocycles. The fourth-order valence-corrected chi connectivity index (χ4v) is 4.34. The molecule has 0 spiro atoms. The lowest BCUT2D eigenvalue weighted by Gasteiger charge is -2.14. The summed E-state index contributed by atoms with van der Waals surface area (Å²) in [6.45, 7) is 1.26. The number of rotatable bonds is 5. The van der Waals surface area contributed by atoms with Gasteiger partial charge in [0.25, 0.3) is 5.91 Å². The summed E-state index contributed by atoms with van der Waals surface area (Å²) >= 11 is 0. The van der Waals surface area contributed by atoms with Gasteiger partial charge in [0.1, 0.15) is 17.1 Å². The van der Waals surface area contributed by atoms with Crippen molar-refractivity contribution in [1.82, 2.24) is 9.55 Å². The molecule has 5 aromatic rings. The van der Waals surface area contributed by atoms with E-state index >= 15 is 0 Å². The highest BCUT2D eigenvalue weighted by Gasteiger charge is 2.28. The Balaban J connectivity index is 1.22. The minimum absolute atomic E-state index is 0.0650. The maximum absolute atomic E-state index is 12.9. The smallest absolute Gasteiger partial charge is 0.267 e. The molecule has 1 aliphatic heterocycles. The number of hydrogen-bond donors (Lipinski definition) is 0. The van der Waals surface area contributed by atoms with E-state index in [2.05, 4.69) is 9.55 Å². The molecule has 6 rings (SSSR count). The topological polar surface area (TPSA) is 69.7 Å². The lowest BCUT2D eigenvalue weighted by atomic mass is 10.0. The van der Waals surface area contributed by atoms with Crippen molar-refractivity contribution in [2.45, 2.75) is 6.54 Å². The number of para-hydroxylation sites is 2. The van der Waals surface area contributed by atoms with Crippen molar-refractivity contribution >= 4 is 33.9 Å². The van der Waals surface area contributed by atoms with E-state index in [1.807, 2.05) is 66.7 Å². The number of ether oxygens (including phenoxy) is 2. The number of imidazole rings is 1. The number of nitrogens with zero attached hydrogens (tertiary/aromatic N) is 3. The fourth-order valence-electron chi connectivity index (χ4n) is 4.34. The van der Waals surface area contributed by atoms with Crippen LogP contribution in [-0.4, -0.2) is 35.7 Å². The number of anilines is 1. The van der Waals surface area contributed by atoms with Crippen LogP contribution in [0.3, 0.4) is 0 Å². The van der Waals surface area contributed by atoms with Crippen molar-refractivity contribution in [1.29, 1.82) is 0 Å². The SMILES string of the molecule is COc1ccc(-c2coc3ccc(OCC(=O)N4CCn5c4nc4ccccc45)cc23)cc1. The van der Waals surface area contributed by atoms with Crippen LogP contribution in [0.4, 0.5) is 5.95 Å². The van der Waals surface area contributed by atoms with Gasteiger partial charge >= 0.3 is 0 Å². The molecule has 0 aliphatic carbocycles. The van der Waals surface area contributed by atoms with E-state index in [0.717, 1.165) is 45.4 Å². The molecule has 0 bridgehead atoms. The van der Waals surface area contributed by atoms with Crippen molar-refractivity contribution < 1.29 is 18.7 Å². The zero-order valence-electron chi connectivity index (χ0n) is 18.0. The third kappa shape index (κ3) is 3.29. The first kappa shape index (κ1) is 19.4. The van der Waals surface area contributed by atoms with Gasteiger partial charge in [0.15, 0.2) is 6.61 Å². The second kappa shape index (κ2) is 7.70. The number of carbonyl (C=O) groups excluding carboxylic acids is 1. The number of methoxy groups -OCH3 is 1. The minimum atomic E-state index is -0.119. The summed E-state index contributed by atoms with van der Waals surface area (Å²) in [5, 5.41) is 0.924. The van der Waals surface area contributed by atoms with Crippen LogP contribution in [0.2, 0.25) is 0 Å². The van der Waals surface area contributed by atoms with E-state index in [9.17, 15) is 4.79 Å². The molecule has 0 saturated heterocycles. The highest BCUT2D eigenvalue weighted by molar-refractivity contribution is 5.97. The van der Waals surface area contributed by atoms with Crippen molar-refractivity contribution in [2.75, 3.05) is 25.2 Å². The molecule has 3 aromatic carbocycles. The summed E-state index contributed by atoms with van der Waals surface area (Å²) in [4.78, 5) is 19.3. The molecular weight excluding hydrogens is 418 g/mol. The third-order valence-electron chi connectivity index (χ3n) is 6.03. The number of hydrogen-bond acceptors (Lipinski definition) is 5. The Hall–Kier alpha value is -4.26. The summed E-state index contributed by atoms with van der Waals surface area (Å²) in [5.74, 6) is 1.97. The number of aromatic nitrogens is 2. The molecule has 0 saturated carbocycles. The molecule has 7 heteroatoms. The Kier molecular flexibility index (Phi) is 4.54. The second-order valence-corrected chi connectivity index (χ2v) is 7.92. The summed E-state index contributed by atoms with van der Waals surface area (Å²) in [6, 6.07) is 21.3. The fraction of sp³-hybridized carbons (Fsp3) is 0.154. The Morgan fingerprint density at radius 1 is 1.03 bits per heavy atom. The zero-order chi connectivity index (χ0) is 22.4. The first-order valence-corrected chi connectivity index (χ1v) is 10.8. The molecule has 1 aliphatic rings. The largest absolute Gasteiger partial charge is 0.497 e. The summed E-state index contributed by atoms with van der Waals surface area (Å²) in [7, 11) is 1.64. The van der Waals surface area contributed by atoms with Crippen molar-refractivity contribution in [2.24, 2.45) is 0 Å². The molecule has 164 valence electrons. The van der Waals surface area contributed by atoms with Gasteiger partial charge in [-0.15, -0.1) is 0 Å². The summed E-state index contributed by atoms with van der Waals surface area (Å²) in [6.07, 6.45) is 1.73. The van der Waals surface area contributed by atoms with Crippen LogP contribution in [0, 0.1) is 0 Å². The Labute approximate surface area is 189 Å². The molecule has 3 heterocycles. The first-order valence-electron chi connectivity index (χ1n) is 10.8. The van der Waals surface area contributed by atoms with Gasteiger partial charge in [-0.05, 0) is 48.0 Å². The van der Waals surface area contributed by atoms with Gasteiger partial charge in [0.05, 0.1) is 24.4 Å². The van der Waals surface area contributed by atoms with Crippen LogP contribution in [-0.2, 0) is 11.3 Å². The average molecular weight is 439 g/mol. The summed E-state index contributed by atoms with van der Waals surface area (Å²) < 4.78 is 18.9. The highest BCUT2D eigenvalue weighted by Crippen LogP contribution is 2.34. The Morgan fingerprint density at radius 3 is 2.70 bits per heavy atom. The van der Waals surface area contributed by atoms with Gasteiger partial charge in [-0.3, -0.25) is 9.69 Å². The first-order chi connectivity index (χ1) is 16.2. The maximum atomic E-state index is 12.9. The van der Waals surface area contributed by atoms with Crippen molar-refractivity contribution in [3.8, 4) is 22.6 Å². The van der Waals surface area contributed by atoms with Crippen LogP contribution in [0.25, 0.3) is 33.1 Å². The lowest BCUT2D eigenvalue weighted by molar-refractivity contribution is -0.120. The van der Waals surface area contributed by atoms with Crippen LogP contribution in [0.15, 0.2) is 77.4 Å². The average Bonchev–Trinajstić information content (AvgIpc) is 3.56. The standard InChI is InChI=1S/C26H21N3O4/c1-31-18-8-6-17(7-9-18)21-15-33-24-11-10-19(14-20(21)24)32-16-25(30)29-13-12-28-23-5-3-2-4-22(23)27-26(28)29/h2-11,14-15H,12-13,16H2,1H3. The molecule has 0 unspecified atom stereocenters. The Morgan fingerprint density at radius 2 is 1.85 bits per heavy atom. The number of fused-ring (bicyclic) bond motifs is 4. The number of furan rings is 1. The third-order valence-corrected chi connectivity index (χ3v) is 6.03. The quantitative estimate of drug-likeness (QED) is 0.390. The van der Waals surface area contributed by atoms with Crippen molar-refractivity contribution in [3.63, 3.8) is 0 Å². The van der Waals surface area contributed by atoms with Gasteiger partial charge in [-0.2, -0.15) is 0 Å². The van der Waals surface area contributed by atoms with E-state index < -0.39 is 0 Å². The number of amides is 1. The van der Waals surface area contributed by atoms with Crippen LogP contribution in [0.1, 0.15) is 0 Å². The molecule has 0 radical (unpaired) electrons. The monoisotopic (exact) mass is 439 g/mol. The number of benzene rings is 3. The molecule has 0 fully saturated rings. The van der Waals surface area contributed by atoms with Crippen molar-refractivity contribution in [3.05, 3.63) is 73.0 Å². The molecular formula is C26H21N3O4. The molecule has 0 N–H and O–H groups in total. The van der Waals surface area contributed by atoms with E-state index in [0.29, 0.717) is 18.2 Å². The van der Waals surface area contributed by atoms with Crippen LogP contribution >= 0.6 is 0 Å². The molecule has 33 heavy (non-hydrogen) atoms. The number of carbonyl (C=O) groups is 1. The predicted molar refractivity (Wildman–Crippen MR) is 126 cm³/mol. The Bertz CT molecular complexity index is 1480. The van der Waals surface area contributed by atoms with E-state index in [1.165, 1.54) is 0 Å². The van der Waals surface area contributed by atoms with Gasteiger partial charge in [-0.1, -0.05) is 24.3 Å². The van der Waals surface area contributed by atoms with Gasteiger partial charge in [-0.25, -0.2) is 4.98 Å².